The van der Waals surface area contributed by atoms with Gasteiger partial charge in [0.2, 0.25) is 11.8 Å². The molecule has 0 saturated carbocycles. The molecular weight excluding hydrogens is 326 g/mol. The number of anilines is 1. The highest BCUT2D eigenvalue weighted by molar-refractivity contribution is 7.09. The van der Waals surface area contributed by atoms with Crippen LogP contribution in [-0.2, 0) is 10.3 Å². The summed E-state index contributed by atoms with van der Waals surface area (Å²) in [5.41, 5.74) is 0.500. The fourth-order valence-corrected chi connectivity index (χ4v) is 3.95. The first-order valence-corrected chi connectivity index (χ1v) is 8.81. The van der Waals surface area contributed by atoms with Gasteiger partial charge in [0.05, 0.1) is 6.61 Å². The van der Waals surface area contributed by atoms with E-state index >= 15 is 0 Å². The first-order chi connectivity index (χ1) is 11.5. The second kappa shape index (κ2) is 6.72. The highest BCUT2D eigenvalue weighted by atomic mass is 32.1. The summed E-state index contributed by atoms with van der Waals surface area (Å²) in [6.07, 6.45) is 2.29. The normalized spacial score (nSPS) is 20.2. The highest BCUT2D eigenvalue weighted by Crippen LogP contribution is 2.36. The largest absolute Gasteiger partial charge is 0.478 e. The van der Waals surface area contributed by atoms with Gasteiger partial charge in [0.1, 0.15) is 22.7 Å². The second-order valence-electron chi connectivity index (χ2n) is 5.88. The van der Waals surface area contributed by atoms with Crippen LogP contribution in [0.2, 0.25) is 0 Å². The van der Waals surface area contributed by atoms with Crippen molar-refractivity contribution < 1.29 is 9.53 Å². The van der Waals surface area contributed by atoms with Crippen molar-refractivity contribution in [2.24, 2.45) is 0 Å². The van der Waals surface area contributed by atoms with Crippen LogP contribution in [0.5, 0.6) is 5.88 Å². The van der Waals surface area contributed by atoms with E-state index in [1.807, 2.05) is 25.3 Å². The average Bonchev–Trinajstić information content (AvgIpc) is 3.15. The predicted molar refractivity (Wildman–Crippen MR) is 92.4 cm³/mol. The summed E-state index contributed by atoms with van der Waals surface area (Å²) in [6, 6.07) is 1.83. The number of hydrogen-bond acceptors (Lipinski definition) is 7. The third-order valence-electron chi connectivity index (χ3n) is 3.96. The lowest BCUT2D eigenvalue weighted by molar-refractivity contribution is -0.120. The van der Waals surface area contributed by atoms with Gasteiger partial charge in [-0.2, -0.15) is 0 Å². The molecule has 8 heteroatoms. The van der Waals surface area contributed by atoms with Crippen LogP contribution >= 0.6 is 11.3 Å². The Hall–Kier alpha value is -2.22. The van der Waals surface area contributed by atoms with Crippen molar-refractivity contribution in [1.29, 1.82) is 0 Å². The van der Waals surface area contributed by atoms with E-state index in [1.54, 1.807) is 18.3 Å². The zero-order chi connectivity index (χ0) is 17.2. The van der Waals surface area contributed by atoms with E-state index in [0.717, 1.165) is 29.5 Å². The van der Waals surface area contributed by atoms with Crippen molar-refractivity contribution >= 4 is 23.1 Å². The third-order valence-corrected chi connectivity index (χ3v) is 5.12. The first-order valence-electron chi connectivity index (χ1n) is 7.93. The molecule has 3 rings (SSSR count). The van der Waals surface area contributed by atoms with Gasteiger partial charge < -0.3 is 15.0 Å². The van der Waals surface area contributed by atoms with E-state index in [2.05, 4.69) is 25.2 Å². The Morgan fingerprint density at radius 2 is 2.33 bits per heavy atom. The molecule has 1 atom stereocenters. The topological polar surface area (TPSA) is 80.2 Å². The Morgan fingerprint density at radius 3 is 3.00 bits per heavy atom. The molecule has 24 heavy (non-hydrogen) atoms. The lowest BCUT2D eigenvalue weighted by atomic mass is 9.99. The van der Waals surface area contributed by atoms with Crippen molar-refractivity contribution in [1.82, 2.24) is 20.3 Å². The fourth-order valence-electron chi connectivity index (χ4n) is 2.98. The molecular formula is C16H21N5O2S. The standard InChI is InChI=1S/C16H21N5O2S/c1-4-23-14-7-13(17-10-18-14)21-6-5-16(9-21,20-12(3)22)15-19-11(2)8-24-15/h7-8,10H,4-6,9H2,1-3H3,(H,20,22). The number of carbonyl (C=O) groups excluding carboxylic acids is 1. The number of amides is 1. The van der Waals surface area contributed by atoms with E-state index in [1.165, 1.54) is 6.33 Å². The minimum atomic E-state index is -0.471. The zero-order valence-electron chi connectivity index (χ0n) is 14.1. The smallest absolute Gasteiger partial charge is 0.218 e. The monoisotopic (exact) mass is 347 g/mol. The van der Waals surface area contributed by atoms with Crippen LogP contribution in [0.3, 0.4) is 0 Å². The van der Waals surface area contributed by atoms with Gasteiger partial charge in [-0.1, -0.05) is 0 Å². The van der Waals surface area contributed by atoms with Crippen LogP contribution in [0.25, 0.3) is 0 Å². The number of nitrogens with one attached hydrogen (secondary N) is 1. The van der Waals surface area contributed by atoms with Crippen molar-refractivity contribution in [2.75, 3.05) is 24.6 Å². The molecule has 128 valence electrons. The highest BCUT2D eigenvalue weighted by Gasteiger charge is 2.43. The van der Waals surface area contributed by atoms with Gasteiger partial charge in [-0.15, -0.1) is 11.3 Å². The zero-order valence-corrected chi connectivity index (χ0v) is 14.9. The molecule has 0 radical (unpaired) electrons. The number of aryl methyl sites for hydroxylation is 1. The molecule has 1 amide bonds. The van der Waals surface area contributed by atoms with E-state index in [0.29, 0.717) is 19.0 Å². The summed E-state index contributed by atoms with van der Waals surface area (Å²) in [6.45, 7) is 7.40. The molecule has 3 heterocycles. The number of thiazole rings is 1. The second-order valence-corrected chi connectivity index (χ2v) is 6.73. The fraction of sp³-hybridized carbons (Fsp3) is 0.500. The quantitative estimate of drug-likeness (QED) is 0.889. The van der Waals surface area contributed by atoms with E-state index < -0.39 is 5.54 Å². The van der Waals surface area contributed by atoms with E-state index in [4.69, 9.17) is 4.74 Å². The van der Waals surface area contributed by atoms with Crippen molar-refractivity contribution in [3.05, 3.63) is 28.5 Å². The molecule has 7 nitrogen and oxygen atoms in total. The SMILES string of the molecule is CCOc1cc(N2CCC(NC(C)=O)(c3nc(C)cs3)C2)ncn1. The number of nitrogens with zero attached hydrogens (tertiary/aromatic N) is 4. The van der Waals surface area contributed by atoms with Gasteiger partial charge in [-0.05, 0) is 20.3 Å². The predicted octanol–water partition coefficient (Wildman–Crippen LogP) is 1.88. The number of hydrogen-bond donors (Lipinski definition) is 1. The summed E-state index contributed by atoms with van der Waals surface area (Å²) in [4.78, 5) is 27.0. The number of ether oxygens (including phenoxy) is 1. The molecule has 1 unspecified atom stereocenters. The Labute approximate surface area is 145 Å². The molecule has 2 aromatic heterocycles. The maximum Gasteiger partial charge on any atom is 0.218 e. The van der Waals surface area contributed by atoms with Crippen LogP contribution in [-0.4, -0.2) is 40.6 Å². The molecule has 0 spiro atoms. The molecule has 1 aliphatic heterocycles. The van der Waals surface area contributed by atoms with Gasteiger partial charge in [0, 0.05) is 37.2 Å². The lowest BCUT2D eigenvalue weighted by Crippen LogP contribution is -2.47. The van der Waals surface area contributed by atoms with Gasteiger partial charge in [-0.25, -0.2) is 15.0 Å². The number of rotatable bonds is 5. The van der Waals surface area contributed by atoms with Crippen molar-refractivity contribution in [2.45, 2.75) is 32.7 Å². The first kappa shape index (κ1) is 16.6. The van der Waals surface area contributed by atoms with Crippen LogP contribution in [0.4, 0.5) is 5.82 Å². The summed E-state index contributed by atoms with van der Waals surface area (Å²) in [7, 11) is 0. The number of carbonyl (C=O) groups is 1. The maximum atomic E-state index is 11.8. The minimum Gasteiger partial charge on any atom is -0.478 e. The molecule has 1 aliphatic rings. The van der Waals surface area contributed by atoms with Gasteiger partial charge >= 0.3 is 0 Å². The molecule has 2 aromatic rings. The minimum absolute atomic E-state index is 0.0533. The van der Waals surface area contributed by atoms with Gasteiger partial charge in [-0.3, -0.25) is 4.79 Å². The van der Waals surface area contributed by atoms with Crippen LogP contribution in [0.1, 0.15) is 31.0 Å². The molecule has 0 bridgehead atoms. The molecule has 1 N–H and O–H groups in total. The summed E-state index contributed by atoms with van der Waals surface area (Å²) in [5.74, 6) is 1.31. The van der Waals surface area contributed by atoms with Crippen molar-refractivity contribution in [3.63, 3.8) is 0 Å². The summed E-state index contributed by atoms with van der Waals surface area (Å²) in [5, 5.41) is 6.07. The molecule has 0 aromatic carbocycles. The Balaban J connectivity index is 1.87. The summed E-state index contributed by atoms with van der Waals surface area (Å²) < 4.78 is 5.45. The van der Waals surface area contributed by atoms with Crippen LogP contribution < -0.4 is 15.0 Å². The molecule has 0 aliphatic carbocycles. The Bertz CT molecular complexity index is 735. The average molecular weight is 347 g/mol. The Kier molecular flexibility index (Phi) is 4.66. The van der Waals surface area contributed by atoms with Crippen LogP contribution in [0, 0.1) is 6.92 Å². The molecule has 1 saturated heterocycles. The van der Waals surface area contributed by atoms with E-state index in [-0.39, 0.29) is 5.91 Å². The van der Waals surface area contributed by atoms with Gasteiger partial charge in [0.15, 0.2) is 0 Å². The maximum absolute atomic E-state index is 11.8. The van der Waals surface area contributed by atoms with Gasteiger partial charge in [0.25, 0.3) is 0 Å². The number of aromatic nitrogens is 3. The van der Waals surface area contributed by atoms with Crippen molar-refractivity contribution in [3.8, 4) is 5.88 Å². The van der Waals surface area contributed by atoms with E-state index in [9.17, 15) is 4.79 Å². The third kappa shape index (κ3) is 3.33. The van der Waals surface area contributed by atoms with Crippen LogP contribution in [0.15, 0.2) is 17.8 Å². The summed E-state index contributed by atoms with van der Waals surface area (Å²) >= 11 is 1.59. The molecule has 1 fully saturated rings. The Morgan fingerprint density at radius 1 is 1.50 bits per heavy atom. The lowest BCUT2D eigenvalue weighted by Gasteiger charge is -2.28.